The van der Waals surface area contributed by atoms with Crippen molar-refractivity contribution < 1.29 is 15.0 Å². The first-order valence-electron chi connectivity index (χ1n) is 6.87. The minimum absolute atomic E-state index is 0.0872. The van der Waals surface area contributed by atoms with Gasteiger partial charge in [-0.15, -0.1) is 0 Å². The van der Waals surface area contributed by atoms with Crippen LogP contribution in [0.25, 0.3) is 0 Å². The summed E-state index contributed by atoms with van der Waals surface area (Å²) in [5.41, 5.74) is -0.993. The second kappa shape index (κ2) is 5.85. The van der Waals surface area contributed by atoms with Gasteiger partial charge in [0.1, 0.15) is 0 Å². The van der Waals surface area contributed by atoms with Crippen molar-refractivity contribution in [1.29, 1.82) is 0 Å². The van der Waals surface area contributed by atoms with E-state index in [4.69, 9.17) is 0 Å². The van der Waals surface area contributed by atoms with Gasteiger partial charge in [-0.3, -0.25) is 4.79 Å². The quantitative estimate of drug-likeness (QED) is 0.779. The fraction of sp³-hybridized carbons (Fsp3) is 0.929. The Hall–Kier alpha value is -0.570. The van der Waals surface area contributed by atoms with Gasteiger partial charge in [-0.2, -0.15) is 0 Å². The van der Waals surface area contributed by atoms with Gasteiger partial charge >= 0.3 is 5.97 Å². The largest absolute Gasteiger partial charge is 0.481 e. The molecule has 1 rings (SSSR count). The maximum absolute atomic E-state index is 11.4. The van der Waals surface area contributed by atoms with Crippen LogP contribution in [0.3, 0.4) is 0 Å². The molecule has 17 heavy (non-hydrogen) atoms. The van der Waals surface area contributed by atoms with E-state index < -0.39 is 17.5 Å². The van der Waals surface area contributed by atoms with Crippen molar-refractivity contribution in [2.75, 3.05) is 0 Å². The SMILES string of the molecule is CCCCC(C(=O)O)C1(O)CCC(C)CC1C. The Morgan fingerprint density at radius 2 is 2.12 bits per heavy atom. The van der Waals surface area contributed by atoms with E-state index in [2.05, 4.69) is 13.8 Å². The van der Waals surface area contributed by atoms with E-state index in [1.807, 2.05) is 6.92 Å². The molecule has 0 saturated heterocycles. The maximum Gasteiger partial charge on any atom is 0.309 e. The number of carboxylic acid groups (broad SMARTS) is 1. The summed E-state index contributed by atoms with van der Waals surface area (Å²) in [4.78, 5) is 11.4. The second-order valence-electron chi connectivity index (χ2n) is 5.80. The zero-order valence-corrected chi connectivity index (χ0v) is 11.3. The predicted octanol–water partition coefficient (Wildman–Crippen LogP) is 3.06. The number of hydrogen-bond acceptors (Lipinski definition) is 2. The molecule has 1 saturated carbocycles. The summed E-state index contributed by atoms with van der Waals surface area (Å²) in [5, 5.41) is 20.1. The van der Waals surface area contributed by atoms with E-state index in [0.717, 1.165) is 25.7 Å². The summed E-state index contributed by atoms with van der Waals surface area (Å²) in [5.74, 6) is -0.734. The molecule has 0 aromatic heterocycles. The van der Waals surface area contributed by atoms with E-state index in [-0.39, 0.29) is 5.92 Å². The van der Waals surface area contributed by atoms with Gasteiger partial charge in [-0.05, 0) is 37.5 Å². The minimum Gasteiger partial charge on any atom is -0.481 e. The van der Waals surface area contributed by atoms with Crippen molar-refractivity contribution in [3.8, 4) is 0 Å². The monoisotopic (exact) mass is 242 g/mol. The number of carbonyl (C=O) groups is 1. The Kier molecular flexibility index (Phi) is 4.99. The van der Waals surface area contributed by atoms with Gasteiger partial charge in [-0.1, -0.05) is 33.6 Å². The molecule has 1 fully saturated rings. The van der Waals surface area contributed by atoms with Gasteiger partial charge in [0, 0.05) is 0 Å². The Morgan fingerprint density at radius 3 is 2.59 bits per heavy atom. The van der Waals surface area contributed by atoms with E-state index in [9.17, 15) is 15.0 Å². The van der Waals surface area contributed by atoms with Gasteiger partial charge in [0.25, 0.3) is 0 Å². The normalized spacial score (nSPS) is 35.5. The molecule has 0 aromatic rings. The number of carboxylic acids is 1. The molecule has 0 aliphatic heterocycles. The molecular weight excluding hydrogens is 216 g/mol. The zero-order valence-electron chi connectivity index (χ0n) is 11.3. The third-order valence-corrected chi connectivity index (χ3v) is 4.39. The number of unbranched alkanes of at least 4 members (excludes halogenated alkanes) is 1. The second-order valence-corrected chi connectivity index (χ2v) is 5.80. The van der Waals surface area contributed by atoms with Gasteiger partial charge in [0.05, 0.1) is 11.5 Å². The molecule has 0 bridgehead atoms. The van der Waals surface area contributed by atoms with Crippen molar-refractivity contribution in [3.05, 3.63) is 0 Å². The van der Waals surface area contributed by atoms with Crippen LogP contribution in [0.2, 0.25) is 0 Å². The zero-order chi connectivity index (χ0) is 13.1. The number of hydrogen-bond donors (Lipinski definition) is 2. The van der Waals surface area contributed by atoms with Crippen molar-refractivity contribution in [2.24, 2.45) is 17.8 Å². The number of aliphatic carboxylic acids is 1. The lowest BCUT2D eigenvalue weighted by Gasteiger charge is -2.44. The standard InChI is InChI=1S/C14H26O3/c1-4-5-6-12(13(15)16)14(17)8-7-10(2)9-11(14)3/h10-12,17H,4-9H2,1-3H3,(H,15,16). The van der Waals surface area contributed by atoms with Gasteiger partial charge < -0.3 is 10.2 Å². The molecule has 0 radical (unpaired) electrons. The maximum atomic E-state index is 11.4. The molecular formula is C14H26O3. The topological polar surface area (TPSA) is 57.5 Å². The Morgan fingerprint density at radius 1 is 1.47 bits per heavy atom. The van der Waals surface area contributed by atoms with Gasteiger partial charge in [-0.25, -0.2) is 0 Å². The van der Waals surface area contributed by atoms with Crippen LogP contribution in [0.1, 0.15) is 59.3 Å². The van der Waals surface area contributed by atoms with E-state index in [1.54, 1.807) is 0 Å². The summed E-state index contributed by atoms with van der Waals surface area (Å²) in [6.07, 6.45) is 4.96. The molecule has 0 aromatic carbocycles. The van der Waals surface area contributed by atoms with Crippen LogP contribution in [0.4, 0.5) is 0 Å². The van der Waals surface area contributed by atoms with Crippen molar-refractivity contribution >= 4 is 5.97 Å². The van der Waals surface area contributed by atoms with Crippen molar-refractivity contribution in [2.45, 2.75) is 64.9 Å². The molecule has 1 aliphatic rings. The fourth-order valence-corrected chi connectivity index (χ4v) is 3.16. The highest BCUT2D eigenvalue weighted by Gasteiger charge is 2.47. The van der Waals surface area contributed by atoms with Crippen LogP contribution < -0.4 is 0 Å². The lowest BCUT2D eigenvalue weighted by Crippen LogP contribution is -2.50. The average Bonchev–Trinajstić information content (AvgIpc) is 2.24. The van der Waals surface area contributed by atoms with Crippen LogP contribution in [-0.4, -0.2) is 21.8 Å². The lowest BCUT2D eigenvalue weighted by molar-refractivity contribution is -0.163. The predicted molar refractivity (Wildman–Crippen MR) is 67.8 cm³/mol. The lowest BCUT2D eigenvalue weighted by atomic mass is 9.65. The van der Waals surface area contributed by atoms with Crippen LogP contribution in [-0.2, 0) is 4.79 Å². The minimum atomic E-state index is -0.993. The third kappa shape index (κ3) is 3.21. The Bertz CT molecular complexity index is 264. The molecule has 3 heteroatoms. The Balaban J connectivity index is 2.79. The first kappa shape index (κ1) is 14.5. The molecule has 1 aliphatic carbocycles. The summed E-state index contributed by atoms with van der Waals surface area (Å²) < 4.78 is 0. The molecule has 4 unspecified atom stereocenters. The van der Waals surface area contributed by atoms with Crippen LogP contribution >= 0.6 is 0 Å². The summed E-state index contributed by atoms with van der Waals surface area (Å²) in [6, 6.07) is 0. The molecule has 100 valence electrons. The fourth-order valence-electron chi connectivity index (χ4n) is 3.16. The summed E-state index contributed by atoms with van der Waals surface area (Å²) >= 11 is 0. The molecule has 3 nitrogen and oxygen atoms in total. The van der Waals surface area contributed by atoms with Crippen LogP contribution in [0, 0.1) is 17.8 Å². The third-order valence-electron chi connectivity index (χ3n) is 4.39. The molecule has 0 heterocycles. The van der Waals surface area contributed by atoms with Crippen LogP contribution in [0.15, 0.2) is 0 Å². The highest BCUT2D eigenvalue weighted by atomic mass is 16.4. The molecule has 0 spiro atoms. The Labute approximate surface area is 104 Å². The van der Waals surface area contributed by atoms with E-state index in [0.29, 0.717) is 18.8 Å². The highest BCUT2D eigenvalue weighted by molar-refractivity contribution is 5.71. The number of rotatable bonds is 5. The summed E-state index contributed by atoms with van der Waals surface area (Å²) in [6.45, 7) is 6.23. The van der Waals surface area contributed by atoms with Crippen LogP contribution in [0.5, 0.6) is 0 Å². The van der Waals surface area contributed by atoms with Gasteiger partial charge in [0.15, 0.2) is 0 Å². The average molecular weight is 242 g/mol. The van der Waals surface area contributed by atoms with Crippen molar-refractivity contribution in [1.82, 2.24) is 0 Å². The summed E-state index contributed by atoms with van der Waals surface area (Å²) in [7, 11) is 0. The molecule has 2 N–H and O–H groups in total. The van der Waals surface area contributed by atoms with E-state index in [1.165, 1.54) is 0 Å². The first-order valence-corrected chi connectivity index (χ1v) is 6.87. The first-order chi connectivity index (χ1) is 7.91. The molecule has 4 atom stereocenters. The van der Waals surface area contributed by atoms with Gasteiger partial charge in [0.2, 0.25) is 0 Å². The van der Waals surface area contributed by atoms with Crippen molar-refractivity contribution in [3.63, 3.8) is 0 Å². The number of aliphatic hydroxyl groups is 1. The van der Waals surface area contributed by atoms with E-state index >= 15 is 0 Å². The highest BCUT2D eigenvalue weighted by Crippen LogP contribution is 2.43. The molecule has 0 amide bonds. The smallest absolute Gasteiger partial charge is 0.309 e.